The summed E-state index contributed by atoms with van der Waals surface area (Å²) < 4.78 is 0. The average molecular weight is 331 g/mol. The topological polar surface area (TPSA) is 94.5 Å². The van der Waals surface area contributed by atoms with E-state index in [-0.39, 0.29) is 23.8 Å². The molecule has 0 saturated heterocycles. The number of nitrogens with one attached hydrogen (secondary N) is 2. The van der Waals surface area contributed by atoms with Crippen molar-refractivity contribution in [2.45, 2.75) is 18.4 Å². The maximum Gasteiger partial charge on any atom is 0.228 e. The van der Waals surface area contributed by atoms with Crippen molar-refractivity contribution in [3.05, 3.63) is 47.5 Å². The Labute approximate surface area is 137 Å². The Morgan fingerprint density at radius 1 is 1.48 bits per heavy atom. The van der Waals surface area contributed by atoms with Gasteiger partial charge in [0, 0.05) is 18.1 Å². The first-order chi connectivity index (χ1) is 11.0. The van der Waals surface area contributed by atoms with Crippen LogP contribution in [0.3, 0.4) is 0 Å². The highest BCUT2D eigenvalue weighted by atomic mass is 32.1. The lowest BCUT2D eigenvalue weighted by atomic mass is 9.79. The molecule has 1 amide bonds. The first-order valence-corrected chi connectivity index (χ1v) is 8.05. The van der Waals surface area contributed by atoms with Crippen LogP contribution in [0, 0.1) is 0 Å². The molecule has 1 aliphatic heterocycles. The van der Waals surface area contributed by atoms with E-state index in [4.69, 9.17) is 0 Å². The normalized spacial score (nSPS) is 19.8. The van der Waals surface area contributed by atoms with Crippen LogP contribution in [0.2, 0.25) is 0 Å². The molecule has 1 aliphatic rings. The molecule has 6 nitrogen and oxygen atoms in total. The maximum atomic E-state index is 12.4. The van der Waals surface area contributed by atoms with Gasteiger partial charge in [-0.3, -0.25) is 4.79 Å². The number of thiazole rings is 1. The number of aromatic nitrogens is 1. The van der Waals surface area contributed by atoms with Crippen LogP contribution in [-0.4, -0.2) is 27.6 Å². The first-order valence-electron chi connectivity index (χ1n) is 7.17. The number of benzene rings is 1. The number of aromatic hydroxyl groups is 2. The Morgan fingerprint density at radius 2 is 2.26 bits per heavy atom. The average Bonchev–Trinajstić information content (AvgIpc) is 3.02. The van der Waals surface area contributed by atoms with E-state index in [0.29, 0.717) is 18.1 Å². The molecular weight excluding hydrogens is 314 g/mol. The molecule has 0 aliphatic carbocycles. The fourth-order valence-corrected chi connectivity index (χ4v) is 3.42. The summed E-state index contributed by atoms with van der Waals surface area (Å²) in [5.41, 5.74) is 0.851. The zero-order valence-electron chi connectivity index (χ0n) is 12.4. The SMILES string of the molecule is C=C[C@]1(CC(=O)Nc2nccs2)NCCc2cc(O)c(O)cc21. The second kappa shape index (κ2) is 6.02. The van der Waals surface area contributed by atoms with Gasteiger partial charge in [0.25, 0.3) is 0 Å². The van der Waals surface area contributed by atoms with Gasteiger partial charge >= 0.3 is 0 Å². The molecule has 1 aromatic carbocycles. The minimum absolute atomic E-state index is 0.118. The van der Waals surface area contributed by atoms with E-state index in [9.17, 15) is 15.0 Å². The molecule has 0 bridgehead atoms. The van der Waals surface area contributed by atoms with Crippen molar-refractivity contribution in [3.63, 3.8) is 0 Å². The highest BCUT2D eigenvalue weighted by molar-refractivity contribution is 7.13. The number of carbonyl (C=O) groups is 1. The molecule has 4 N–H and O–H groups in total. The number of nitrogens with zero attached hydrogens (tertiary/aromatic N) is 1. The summed E-state index contributed by atoms with van der Waals surface area (Å²) in [6.07, 6.45) is 4.11. The molecule has 0 fully saturated rings. The standard InChI is InChI=1S/C16H17N3O3S/c1-2-16(9-14(22)19-15-17-5-6-23-15)11-8-13(21)12(20)7-10(11)3-4-18-16/h2,5-8,18,20-21H,1,3-4,9H2,(H,17,19,22)/t16-/m1/s1. The van der Waals surface area contributed by atoms with Gasteiger partial charge in [0.2, 0.25) is 5.91 Å². The van der Waals surface area contributed by atoms with Crippen LogP contribution in [0.1, 0.15) is 17.5 Å². The third kappa shape index (κ3) is 2.93. The number of hydrogen-bond acceptors (Lipinski definition) is 6. The second-order valence-corrected chi connectivity index (χ2v) is 6.31. The number of phenols is 2. The summed E-state index contributed by atoms with van der Waals surface area (Å²) >= 11 is 1.35. The maximum absolute atomic E-state index is 12.4. The number of carbonyl (C=O) groups excluding carboxylic acids is 1. The zero-order chi connectivity index (χ0) is 16.4. The first kappa shape index (κ1) is 15.5. The van der Waals surface area contributed by atoms with Crippen LogP contribution >= 0.6 is 11.3 Å². The van der Waals surface area contributed by atoms with Crippen molar-refractivity contribution in [1.29, 1.82) is 0 Å². The molecule has 1 aromatic heterocycles. The van der Waals surface area contributed by atoms with Crippen molar-refractivity contribution < 1.29 is 15.0 Å². The van der Waals surface area contributed by atoms with Gasteiger partial charge in [-0.25, -0.2) is 4.98 Å². The van der Waals surface area contributed by atoms with E-state index in [2.05, 4.69) is 22.2 Å². The number of rotatable bonds is 4. The van der Waals surface area contributed by atoms with Crippen LogP contribution in [0.25, 0.3) is 0 Å². The number of phenolic OH excluding ortho intramolecular Hbond substituents is 2. The van der Waals surface area contributed by atoms with Crippen LogP contribution in [0.5, 0.6) is 11.5 Å². The van der Waals surface area contributed by atoms with Gasteiger partial charge in [0.15, 0.2) is 16.6 Å². The largest absolute Gasteiger partial charge is 0.504 e. The van der Waals surface area contributed by atoms with Gasteiger partial charge in [-0.05, 0) is 29.7 Å². The summed E-state index contributed by atoms with van der Waals surface area (Å²) in [5, 5.41) is 27.9. The van der Waals surface area contributed by atoms with Crippen molar-refractivity contribution in [3.8, 4) is 11.5 Å². The Morgan fingerprint density at radius 3 is 2.96 bits per heavy atom. The summed E-state index contributed by atoms with van der Waals surface area (Å²) in [6, 6.07) is 3.04. The lowest BCUT2D eigenvalue weighted by Crippen LogP contribution is -2.48. The highest BCUT2D eigenvalue weighted by Gasteiger charge is 2.36. The molecule has 0 saturated carbocycles. The predicted molar refractivity (Wildman–Crippen MR) is 88.7 cm³/mol. The Balaban J connectivity index is 1.91. The monoisotopic (exact) mass is 331 g/mol. The molecule has 0 spiro atoms. The third-order valence-electron chi connectivity index (χ3n) is 3.98. The van der Waals surface area contributed by atoms with Crippen molar-refractivity contribution in [2.75, 3.05) is 11.9 Å². The summed E-state index contributed by atoms with van der Waals surface area (Å²) in [4.78, 5) is 16.4. The molecule has 23 heavy (non-hydrogen) atoms. The van der Waals surface area contributed by atoms with E-state index in [1.54, 1.807) is 23.7 Å². The number of fused-ring (bicyclic) bond motifs is 1. The minimum atomic E-state index is -0.792. The molecule has 1 atom stereocenters. The smallest absolute Gasteiger partial charge is 0.228 e. The van der Waals surface area contributed by atoms with E-state index in [1.807, 2.05) is 0 Å². The molecule has 120 valence electrons. The quantitative estimate of drug-likeness (QED) is 0.508. The molecule has 3 rings (SSSR count). The summed E-state index contributed by atoms with van der Waals surface area (Å²) in [6.45, 7) is 4.50. The van der Waals surface area contributed by atoms with Crippen molar-refractivity contribution in [2.24, 2.45) is 0 Å². The Kier molecular flexibility index (Phi) is 4.06. The molecule has 0 radical (unpaired) electrons. The fraction of sp³-hybridized carbons (Fsp3) is 0.250. The van der Waals surface area contributed by atoms with Gasteiger partial charge in [0.1, 0.15) is 0 Å². The number of amides is 1. The van der Waals surface area contributed by atoms with E-state index in [1.165, 1.54) is 17.4 Å². The molecule has 7 heteroatoms. The van der Waals surface area contributed by atoms with Gasteiger partial charge < -0.3 is 20.8 Å². The summed E-state index contributed by atoms with van der Waals surface area (Å²) in [7, 11) is 0. The zero-order valence-corrected chi connectivity index (χ0v) is 13.2. The molecule has 2 heterocycles. The van der Waals surface area contributed by atoms with Gasteiger partial charge in [-0.2, -0.15) is 0 Å². The molecule has 2 aromatic rings. The molecular formula is C16H17N3O3S. The lowest BCUT2D eigenvalue weighted by molar-refractivity contribution is -0.117. The van der Waals surface area contributed by atoms with Crippen LogP contribution in [0.15, 0.2) is 36.4 Å². The third-order valence-corrected chi connectivity index (χ3v) is 4.67. The van der Waals surface area contributed by atoms with Crippen LogP contribution in [0.4, 0.5) is 5.13 Å². The van der Waals surface area contributed by atoms with E-state index >= 15 is 0 Å². The van der Waals surface area contributed by atoms with Gasteiger partial charge in [0.05, 0.1) is 12.0 Å². The van der Waals surface area contributed by atoms with E-state index in [0.717, 1.165) is 11.1 Å². The number of anilines is 1. The van der Waals surface area contributed by atoms with Crippen LogP contribution < -0.4 is 10.6 Å². The van der Waals surface area contributed by atoms with Gasteiger partial charge in [-0.1, -0.05) is 6.08 Å². The Hall–Kier alpha value is -2.38. The minimum Gasteiger partial charge on any atom is -0.504 e. The lowest BCUT2D eigenvalue weighted by Gasteiger charge is -2.37. The second-order valence-electron chi connectivity index (χ2n) is 5.41. The summed E-state index contributed by atoms with van der Waals surface area (Å²) in [5.74, 6) is -0.567. The van der Waals surface area contributed by atoms with Crippen LogP contribution in [-0.2, 0) is 16.8 Å². The van der Waals surface area contributed by atoms with E-state index < -0.39 is 5.54 Å². The highest BCUT2D eigenvalue weighted by Crippen LogP contribution is 2.39. The Bertz CT molecular complexity index is 745. The predicted octanol–water partition coefficient (Wildman–Crippen LogP) is 2.11. The van der Waals surface area contributed by atoms with Crippen molar-refractivity contribution in [1.82, 2.24) is 10.3 Å². The van der Waals surface area contributed by atoms with Gasteiger partial charge in [-0.15, -0.1) is 17.9 Å². The number of hydrogen-bond donors (Lipinski definition) is 4. The molecule has 0 unspecified atom stereocenters. The fourth-order valence-electron chi connectivity index (χ4n) is 2.87. The van der Waals surface area contributed by atoms with Crippen molar-refractivity contribution >= 4 is 22.4 Å².